The van der Waals surface area contributed by atoms with E-state index in [2.05, 4.69) is 0 Å². The van der Waals surface area contributed by atoms with Gasteiger partial charge in [0.1, 0.15) is 18.4 Å². The molecule has 7 heteroatoms. The van der Waals surface area contributed by atoms with Crippen molar-refractivity contribution >= 4 is 5.91 Å². The highest BCUT2D eigenvalue weighted by Crippen LogP contribution is 2.30. The zero-order valence-electron chi connectivity index (χ0n) is 11.1. The van der Waals surface area contributed by atoms with E-state index in [9.17, 15) is 18.0 Å². The first-order valence-electron chi connectivity index (χ1n) is 6.39. The summed E-state index contributed by atoms with van der Waals surface area (Å²) in [6.07, 6.45) is -3.27. The molecule has 1 saturated carbocycles. The van der Waals surface area contributed by atoms with Gasteiger partial charge in [-0.3, -0.25) is 4.79 Å². The van der Waals surface area contributed by atoms with Crippen LogP contribution in [0.3, 0.4) is 0 Å². The summed E-state index contributed by atoms with van der Waals surface area (Å²) in [5.41, 5.74) is 0.235. The molecule has 1 amide bonds. The quantitative estimate of drug-likeness (QED) is 0.839. The molecule has 0 atom stereocenters. The maximum atomic E-state index is 12.5. The second-order valence-electron chi connectivity index (χ2n) is 4.76. The largest absolute Gasteiger partial charge is 0.482 e. The number of rotatable bonds is 5. The van der Waals surface area contributed by atoms with Crippen LogP contribution in [0.4, 0.5) is 13.2 Å². The van der Waals surface area contributed by atoms with Gasteiger partial charge in [0.25, 0.3) is 5.91 Å². The van der Waals surface area contributed by atoms with E-state index >= 15 is 0 Å². The van der Waals surface area contributed by atoms with E-state index in [0.29, 0.717) is 12.8 Å². The number of carbonyl (C=O) groups excluding carboxylic acids is 1. The van der Waals surface area contributed by atoms with Crippen LogP contribution in [0.15, 0.2) is 24.3 Å². The lowest BCUT2D eigenvalue weighted by Gasteiger charge is -2.23. The van der Waals surface area contributed by atoms with Gasteiger partial charge in [0, 0.05) is 6.04 Å². The number of carbonyl (C=O) groups is 1. The summed E-state index contributed by atoms with van der Waals surface area (Å²) in [6.45, 7) is -1.77. The van der Waals surface area contributed by atoms with Crippen LogP contribution < -0.4 is 4.74 Å². The van der Waals surface area contributed by atoms with Gasteiger partial charge in [-0.1, -0.05) is 12.1 Å². The Kier molecular flexibility index (Phi) is 4.36. The first kappa shape index (κ1) is 15.2. The van der Waals surface area contributed by atoms with Gasteiger partial charge in [0.05, 0.1) is 5.56 Å². The van der Waals surface area contributed by atoms with Crippen LogP contribution in [0.2, 0.25) is 0 Å². The Morgan fingerprint density at radius 2 is 2.05 bits per heavy atom. The lowest BCUT2D eigenvalue weighted by atomic mass is 10.2. The van der Waals surface area contributed by atoms with E-state index < -0.39 is 25.2 Å². The van der Waals surface area contributed by atoms with Gasteiger partial charge in [-0.05, 0) is 25.0 Å². The van der Waals surface area contributed by atoms with Crippen LogP contribution in [0.1, 0.15) is 18.4 Å². The van der Waals surface area contributed by atoms with Crippen LogP contribution in [-0.4, -0.2) is 36.2 Å². The van der Waals surface area contributed by atoms with Crippen LogP contribution >= 0.6 is 0 Å². The fourth-order valence-corrected chi connectivity index (χ4v) is 1.91. The van der Waals surface area contributed by atoms with E-state index in [1.54, 1.807) is 12.1 Å². The molecule has 0 bridgehead atoms. The minimum atomic E-state index is -4.43. The van der Waals surface area contributed by atoms with Crippen LogP contribution in [-0.2, 0) is 4.79 Å². The predicted octanol–water partition coefficient (Wildman–Crippen LogP) is 2.49. The third-order valence-electron chi connectivity index (χ3n) is 3.02. The minimum Gasteiger partial charge on any atom is -0.482 e. The molecule has 1 fully saturated rings. The molecular weight excluding hydrogens is 285 g/mol. The number of para-hydroxylation sites is 1. The zero-order chi connectivity index (χ0) is 15.5. The Balaban J connectivity index is 1.98. The first-order chi connectivity index (χ1) is 9.90. The fourth-order valence-electron chi connectivity index (χ4n) is 1.91. The molecule has 0 N–H and O–H groups in total. The van der Waals surface area contributed by atoms with Gasteiger partial charge in [-0.25, -0.2) is 0 Å². The molecular formula is C14H13F3N2O2. The number of nitrogens with zero attached hydrogens (tertiary/aromatic N) is 2. The molecule has 0 aliphatic heterocycles. The molecule has 0 aromatic heterocycles. The normalized spacial score (nSPS) is 14.4. The number of amides is 1. The first-order valence-corrected chi connectivity index (χ1v) is 6.39. The van der Waals surface area contributed by atoms with Crippen molar-refractivity contribution in [2.45, 2.75) is 25.1 Å². The summed E-state index contributed by atoms with van der Waals surface area (Å²) in [6, 6.07) is 7.80. The molecule has 1 aliphatic rings. The number of benzene rings is 1. The second kappa shape index (κ2) is 6.04. The Bertz CT molecular complexity index is 562. The van der Waals surface area contributed by atoms with E-state index in [4.69, 9.17) is 10.00 Å². The summed E-state index contributed by atoms with van der Waals surface area (Å²) >= 11 is 0. The summed E-state index contributed by atoms with van der Waals surface area (Å²) in [7, 11) is 0. The van der Waals surface area contributed by atoms with Crippen molar-refractivity contribution in [1.82, 2.24) is 4.90 Å². The van der Waals surface area contributed by atoms with Crippen LogP contribution in [0, 0.1) is 11.3 Å². The highest BCUT2D eigenvalue weighted by molar-refractivity contribution is 5.78. The molecule has 4 nitrogen and oxygen atoms in total. The van der Waals surface area contributed by atoms with Gasteiger partial charge >= 0.3 is 6.18 Å². The summed E-state index contributed by atoms with van der Waals surface area (Å²) in [5, 5.41) is 8.87. The van der Waals surface area contributed by atoms with Gasteiger partial charge in [-0.15, -0.1) is 0 Å². The Labute approximate surface area is 119 Å². The average molecular weight is 298 g/mol. The number of halogens is 3. The standard InChI is InChI=1S/C14H13F3N2O2/c15-14(16,17)9-19(11-5-6-11)13(20)8-21-12-4-2-1-3-10(12)7-18/h1-4,11H,5-6,8-9H2. The lowest BCUT2D eigenvalue weighted by molar-refractivity contribution is -0.163. The fraction of sp³-hybridized carbons (Fsp3) is 0.429. The Hall–Kier alpha value is -2.23. The Morgan fingerprint density at radius 3 is 2.62 bits per heavy atom. The monoisotopic (exact) mass is 298 g/mol. The number of ether oxygens (including phenoxy) is 1. The summed E-state index contributed by atoms with van der Waals surface area (Å²) < 4.78 is 42.6. The second-order valence-corrected chi connectivity index (χ2v) is 4.76. The van der Waals surface area contributed by atoms with Crippen molar-refractivity contribution in [2.75, 3.05) is 13.2 Å². The number of hydrogen-bond acceptors (Lipinski definition) is 3. The zero-order valence-corrected chi connectivity index (χ0v) is 11.1. The molecule has 0 radical (unpaired) electrons. The van der Waals surface area contributed by atoms with Crippen LogP contribution in [0.25, 0.3) is 0 Å². The van der Waals surface area contributed by atoms with Crippen molar-refractivity contribution in [1.29, 1.82) is 5.26 Å². The molecule has 21 heavy (non-hydrogen) atoms. The van der Waals surface area contributed by atoms with E-state index in [0.717, 1.165) is 4.90 Å². The third kappa shape index (κ3) is 4.38. The van der Waals surface area contributed by atoms with Gasteiger partial charge in [0.15, 0.2) is 6.61 Å². The maximum Gasteiger partial charge on any atom is 0.406 e. The van der Waals surface area contributed by atoms with Crippen molar-refractivity contribution in [2.24, 2.45) is 0 Å². The highest BCUT2D eigenvalue weighted by atomic mass is 19.4. The van der Waals surface area contributed by atoms with Gasteiger partial charge in [-0.2, -0.15) is 18.4 Å². The molecule has 0 saturated heterocycles. The summed E-state index contributed by atoms with van der Waals surface area (Å²) in [5.74, 6) is -0.529. The number of hydrogen-bond donors (Lipinski definition) is 0. The maximum absolute atomic E-state index is 12.5. The van der Waals surface area contributed by atoms with Gasteiger partial charge in [0.2, 0.25) is 0 Å². The van der Waals surface area contributed by atoms with Gasteiger partial charge < -0.3 is 9.64 Å². The van der Waals surface area contributed by atoms with Crippen molar-refractivity contribution < 1.29 is 22.7 Å². The average Bonchev–Trinajstić information content (AvgIpc) is 3.26. The molecule has 1 aromatic carbocycles. The SMILES string of the molecule is N#Cc1ccccc1OCC(=O)N(CC(F)(F)F)C1CC1. The number of nitriles is 1. The van der Waals surface area contributed by atoms with Crippen LogP contribution in [0.5, 0.6) is 5.75 Å². The van der Waals surface area contributed by atoms with Crippen molar-refractivity contribution in [3.8, 4) is 11.8 Å². The Morgan fingerprint density at radius 1 is 1.38 bits per heavy atom. The lowest BCUT2D eigenvalue weighted by Crippen LogP contribution is -2.42. The molecule has 1 aliphatic carbocycles. The summed E-state index contributed by atoms with van der Waals surface area (Å²) in [4.78, 5) is 12.7. The molecule has 0 spiro atoms. The minimum absolute atomic E-state index is 0.191. The molecule has 0 heterocycles. The number of alkyl halides is 3. The molecule has 2 rings (SSSR count). The molecule has 0 unspecified atom stereocenters. The third-order valence-corrected chi connectivity index (χ3v) is 3.02. The highest BCUT2D eigenvalue weighted by Gasteiger charge is 2.40. The predicted molar refractivity (Wildman–Crippen MR) is 67.4 cm³/mol. The van der Waals surface area contributed by atoms with E-state index in [-0.39, 0.29) is 17.4 Å². The van der Waals surface area contributed by atoms with E-state index in [1.807, 2.05) is 6.07 Å². The topological polar surface area (TPSA) is 53.3 Å². The molecule has 112 valence electrons. The molecule has 1 aromatic rings. The van der Waals surface area contributed by atoms with Crippen molar-refractivity contribution in [3.05, 3.63) is 29.8 Å². The smallest absolute Gasteiger partial charge is 0.406 e. The van der Waals surface area contributed by atoms with E-state index in [1.165, 1.54) is 12.1 Å². The van der Waals surface area contributed by atoms with Crippen molar-refractivity contribution in [3.63, 3.8) is 0 Å².